The number of nitrogens with zero attached hydrogens (tertiary/aromatic N) is 1. The molecule has 2 N–H and O–H groups in total. The van der Waals surface area contributed by atoms with E-state index in [0.29, 0.717) is 24.6 Å². The highest BCUT2D eigenvalue weighted by atomic mass is 16.5. The number of carbonyl (C=O) groups is 2. The Hall–Kier alpha value is -2.28. The number of para-hydroxylation sites is 1. The van der Waals surface area contributed by atoms with Gasteiger partial charge >= 0.3 is 0 Å². The van der Waals surface area contributed by atoms with E-state index < -0.39 is 0 Å². The lowest BCUT2D eigenvalue weighted by Crippen LogP contribution is -2.41. The first-order valence-corrected chi connectivity index (χ1v) is 7.93. The number of likely N-dealkylation sites (N-methyl/N-ethyl adjacent to an activating group) is 1. The molecule has 0 spiro atoms. The van der Waals surface area contributed by atoms with Crippen molar-refractivity contribution in [1.29, 1.82) is 0 Å². The van der Waals surface area contributed by atoms with Gasteiger partial charge < -0.3 is 20.1 Å². The Balaban J connectivity index is 2.50. The first-order chi connectivity index (χ1) is 11.5. The average Bonchev–Trinajstić information content (AvgIpc) is 2.57. The van der Waals surface area contributed by atoms with Gasteiger partial charge in [0.05, 0.1) is 27.3 Å². The number of nitrogens with one attached hydrogen (secondary N) is 2. The monoisotopic (exact) mass is 337 g/mol. The van der Waals surface area contributed by atoms with Crippen LogP contribution < -0.4 is 20.1 Å². The average molecular weight is 337 g/mol. The molecule has 2 amide bonds. The number of carbonyl (C=O) groups excluding carboxylic acids is 2. The van der Waals surface area contributed by atoms with Gasteiger partial charge in [-0.15, -0.1) is 0 Å². The molecular weight excluding hydrogens is 310 g/mol. The van der Waals surface area contributed by atoms with Crippen LogP contribution in [0.4, 0.5) is 0 Å². The first kappa shape index (κ1) is 19.8. The summed E-state index contributed by atoms with van der Waals surface area (Å²) in [6, 6.07) is 5.63. The molecule has 0 aliphatic rings. The Morgan fingerprint density at radius 3 is 2.50 bits per heavy atom. The zero-order chi connectivity index (χ0) is 17.9. The molecule has 0 unspecified atom stereocenters. The Bertz CT molecular complexity index is 549. The van der Waals surface area contributed by atoms with Crippen molar-refractivity contribution in [3.8, 4) is 11.5 Å². The second kappa shape index (κ2) is 10.5. The normalized spacial score (nSPS) is 10.4. The van der Waals surface area contributed by atoms with Crippen LogP contribution in [-0.2, 0) is 16.1 Å². The summed E-state index contributed by atoms with van der Waals surface area (Å²) in [5, 5.41) is 5.32. The standard InChI is InChI=1S/C17H27N3O4/c1-5-9-18-15(21)10-19-16(22)12-20(2)11-13-7-6-8-14(23-3)17(13)24-4/h6-8H,5,9-12H2,1-4H3,(H,18,21)(H,19,22). The third-order valence-electron chi connectivity index (χ3n) is 3.36. The molecule has 0 heterocycles. The predicted molar refractivity (Wildman–Crippen MR) is 92.2 cm³/mol. The molecule has 0 fully saturated rings. The molecule has 0 radical (unpaired) electrons. The Morgan fingerprint density at radius 1 is 1.12 bits per heavy atom. The lowest BCUT2D eigenvalue weighted by Gasteiger charge is -2.19. The van der Waals surface area contributed by atoms with Crippen LogP contribution in [0.5, 0.6) is 11.5 Å². The smallest absolute Gasteiger partial charge is 0.239 e. The van der Waals surface area contributed by atoms with Crippen molar-refractivity contribution < 1.29 is 19.1 Å². The number of ether oxygens (including phenoxy) is 2. The van der Waals surface area contributed by atoms with Crippen LogP contribution in [-0.4, -0.2) is 57.6 Å². The highest BCUT2D eigenvalue weighted by Gasteiger charge is 2.13. The second-order valence-corrected chi connectivity index (χ2v) is 5.45. The van der Waals surface area contributed by atoms with E-state index >= 15 is 0 Å². The molecular formula is C17H27N3O4. The van der Waals surface area contributed by atoms with Gasteiger partial charge in [0.1, 0.15) is 0 Å². The van der Waals surface area contributed by atoms with E-state index in [9.17, 15) is 9.59 Å². The lowest BCUT2D eigenvalue weighted by atomic mass is 10.1. The molecule has 0 aromatic heterocycles. The van der Waals surface area contributed by atoms with Gasteiger partial charge in [-0.3, -0.25) is 14.5 Å². The third-order valence-corrected chi connectivity index (χ3v) is 3.36. The minimum absolute atomic E-state index is 0.00481. The minimum atomic E-state index is -0.203. The van der Waals surface area contributed by atoms with Crippen LogP contribution in [0.2, 0.25) is 0 Å². The topological polar surface area (TPSA) is 79.9 Å². The van der Waals surface area contributed by atoms with E-state index in [2.05, 4.69) is 10.6 Å². The Morgan fingerprint density at radius 2 is 1.88 bits per heavy atom. The van der Waals surface area contributed by atoms with Crippen LogP contribution in [0, 0.1) is 0 Å². The summed E-state index contributed by atoms with van der Waals surface area (Å²) in [6.45, 7) is 3.29. The van der Waals surface area contributed by atoms with Gasteiger partial charge in [0.15, 0.2) is 11.5 Å². The van der Waals surface area contributed by atoms with Crippen molar-refractivity contribution in [3.05, 3.63) is 23.8 Å². The summed E-state index contributed by atoms with van der Waals surface area (Å²) in [4.78, 5) is 25.2. The van der Waals surface area contributed by atoms with Crippen LogP contribution >= 0.6 is 0 Å². The van der Waals surface area contributed by atoms with Gasteiger partial charge in [-0.2, -0.15) is 0 Å². The zero-order valence-electron chi connectivity index (χ0n) is 14.8. The molecule has 0 atom stereocenters. The molecule has 134 valence electrons. The van der Waals surface area contributed by atoms with Gasteiger partial charge in [0.25, 0.3) is 0 Å². The second-order valence-electron chi connectivity index (χ2n) is 5.45. The van der Waals surface area contributed by atoms with Crippen molar-refractivity contribution in [2.24, 2.45) is 0 Å². The number of hydrogen-bond donors (Lipinski definition) is 2. The zero-order valence-corrected chi connectivity index (χ0v) is 14.8. The summed E-state index contributed by atoms with van der Waals surface area (Å²) >= 11 is 0. The molecule has 7 nitrogen and oxygen atoms in total. The van der Waals surface area contributed by atoms with E-state index in [1.165, 1.54) is 0 Å². The first-order valence-electron chi connectivity index (χ1n) is 7.93. The Labute approximate surface area is 143 Å². The van der Waals surface area contributed by atoms with Gasteiger partial charge in [-0.1, -0.05) is 19.1 Å². The largest absolute Gasteiger partial charge is 0.493 e. The molecule has 0 aliphatic carbocycles. The van der Waals surface area contributed by atoms with E-state index in [-0.39, 0.29) is 24.9 Å². The quantitative estimate of drug-likeness (QED) is 0.659. The maximum absolute atomic E-state index is 11.9. The van der Waals surface area contributed by atoms with Gasteiger partial charge in [-0.05, 0) is 19.5 Å². The van der Waals surface area contributed by atoms with E-state index in [0.717, 1.165) is 12.0 Å². The van der Waals surface area contributed by atoms with Gasteiger partial charge in [0.2, 0.25) is 11.8 Å². The van der Waals surface area contributed by atoms with Crippen molar-refractivity contribution in [2.75, 3.05) is 40.9 Å². The SMILES string of the molecule is CCCNC(=O)CNC(=O)CN(C)Cc1cccc(OC)c1OC. The van der Waals surface area contributed by atoms with Crippen LogP contribution in [0.3, 0.4) is 0 Å². The summed E-state index contributed by atoms with van der Waals surface area (Å²) in [5.74, 6) is 0.931. The molecule has 1 aromatic rings. The highest BCUT2D eigenvalue weighted by Crippen LogP contribution is 2.31. The molecule has 0 saturated carbocycles. The summed E-state index contributed by atoms with van der Waals surface area (Å²) in [6.07, 6.45) is 0.866. The van der Waals surface area contributed by atoms with E-state index in [1.54, 1.807) is 14.2 Å². The van der Waals surface area contributed by atoms with Crippen LogP contribution in [0.15, 0.2) is 18.2 Å². The van der Waals surface area contributed by atoms with Gasteiger partial charge in [-0.25, -0.2) is 0 Å². The van der Waals surface area contributed by atoms with E-state index in [4.69, 9.17) is 9.47 Å². The molecule has 7 heteroatoms. The highest BCUT2D eigenvalue weighted by molar-refractivity contribution is 5.85. The lowest BCUT2D eigenvalue weighted by molar-refractivity contribution is -0.126. The summed E-state index contributed by atoms with van der Waals surface area (Å²) < 4.78 is 10.7. The molecule has 1 aromatic carbocycles. The number of benzene rings is 1. The number of amides is 2. The number of rotatable bonds is 10. The fourth-order valence-corrected chi connectivity index (χ4v) is 2.23. The fraction of sp³-hybridized carbons (Fsp3) is 0.529. The predicted octanol–water partition coefficient (Wildman–Crippen LogP) is 0.778. The van der Waals surface area contributed by atoms with Crippen molar-refractivity contribution >= 4 is 11.8 Å². The van der Waals surface area contributed by atoms with Crippen LogP contribution in [0.1, 0.15) is 18.9 Å². The number of hydrogen-bond acceptors (Lipinski definition) is 5. The molecule has 0 saturated heterocycles. The van der Waals surface area contributed by atoms with Gasteiger partial charge in [0, 0.05) is 18.7 Å². The molecule has 0 aliphatic heterocycles. The Kier molecular flexibility index (Phi) is 8.64. The summed E-state index contributed by atoms with van der Waals surface area (Å²) in [7, 11) is 5.00. The number of methoxy groups -OCH3 is 2. The molecule has 0 bridgehead atoms. The minimum Gasteiger partial charge on any atom is -0.493 e. The van der Waals surface area contributed by atoms with E-state index in [1.807, 2.05) is 37.1 Å². The van der Waals surface area contributed by atoms with Crippen molar-refractivity contribution in [2.45, 2.75) is 19.9 Å². The third kappa shape index (κ3) is 6.45. The van der Waals surface area contributed by atoms with Crippen molar-refractivity contribution in [3.63, 3.8) is 0 Å². The fourth-order valence-electron chi connectivity index (χ4n) is 2.23. The summed E-state index contributed by atoms with van der Waals surface area (Å²) in [5.41, 5.74) is 0.924. The maximum atomic E-state index is 11.9. The molecule has 24 heavy (non-hydrogen) atoms. The molecule has 1 rings (SSSR count). The maximum Gasteiger partial charge on any atom is 0.239 e. The van der Waals surface area contributed by atoms with Crippen LogP contribution in [0.25, 0.3) is 0 Å². The van der Waals surface area contributed by atoms with Crippen molar-refractivity contribution in [1.82, 2.24) is 15.5 Å².